The van der Waals surface area contributed by atoms with Gasteiger partial charge in [-0.3, -0.25) is 4.79 Å². The van der Waals surface area contributed by atoms with E-state index >= 15 is 0 Å². The van der Waals surface area contributed by atoms with Crippen molar-refractivity contribution in [2.75, 3.05) is 5.32 Å². The number of carbonyl (C=O) groups is 1. The molecule has 0 spiro atoms. The van der Waals surface area contributed by atoms with E-state index in [9.17, 15) is 10.0 Å². The van der Waals surface area contributed by atoms with Crippen LogP contribution in [0.2, 0.25) is 0 Å². The van der Waals surface area contributed by atoms with Gasteiger partial charge in [-0.05, 0) is 37.5 Å². The van der Waals surface area contributed by atoms with Gasteiger partial charge in [0, 0.05) is 6.42 Å². The Morgan fingerprint density at radius 3 is 2.67 bits per heavy atom. The summed E-state index contributed by atoms with van der Waals surface area (Å²) in [5, 5.41) is 12.6. The maximum atomic E-state index is 11.7. The number of rotatable bonds is 5. The third-order valence-electron chi connectivity index (χ3n) is 2.81. The molecule has 0 radical (unpaired) electrons. The summed E-state index contributed by atoms with van der Waals surface area (Å²) in [5.74, 6) is 0.278. The zero-order valence-corrected chi connectivity index (χ0v) is 11.9. The van der Waals surface area contributed by atoms with Crippen LogP contribution in [0.1, 0.15) is 43.7 Å². The summed E-state index contributed by atoms with van der Waals surface area (Å²) in [4.78, 5) is 11.7. The highest BCUT2D eigenvalue weighted by molar-refractivity contribution is 7.71. The van der Waals surface area contributed by atoms with Crippen molar-refractivity contribution in [3.05, 3.63) is 21.8 Å². The van der Waals surface area contributed by atoms with Gasteiger partial charge in [-0.15, -0.1) is 0 Å². The third kappa shape index (κ3) is 3.57. The highest BCUT2D eigenvalue weighted by atomic mass is 32.1. The molecular weight excluding hydrogens is 248 g/mol. The van der Waals surface area contributed by atoms with Crippen molar-refractivity contribution in [3.8, 4) is 0 Å². The molecule has 0 aliphatic carbocycles. The van der Waals surface area contributed by atoms with Crippen molar-refractivity contribution in [1.82, 2.24) is 4.73 Å². The Balaban J connectivity index is 2.82. The van der Waals surface area contributed by atoms with Crippen LogP contribution in [-0.2, 0) is 4.79 Å². The minimum absolute atomic E-state index is 0.0902. The second-order valence-corrected chi connectivity index (χ2v) is 4.87. The lowest BCUT2D eigenvalue weighted by atomic mass is 10.2. The molecule has 4 nitrogen and oxygen atoms in total. The lowest BCUT2D eigenvalue weighted by molar-refractivity contribution is -0.116. The number of carbonyl (C=O) groups excluding carboxylic acids is 1. The lowest BCUT2D eigenvalue weighted by Gasteiger charge is -2.13. The first-order valence-electron chi connectivity index (χ1n) is 6.19. The molecule has 1 amide bonds. The van der Waals surface area contributed by atoms with Crippen molar-refractivity contribution >= 4 is 23.9 Å². The van der Waals surface area contributed by atoms with Crippen LogP contribution in [0, 0.1) is 18.5 Å². The van der Waals surface area contributed by atoms with Crippen LogP contribution in [-0.4, -0.2) is 15.8 Å². The molecule has 0 fully saturated rings. The average molecular weight is 268 g/mol. The Bertz CT molecular complexity index is 494. The molecule has 1 heterocycles. The molecule has 0 aliphatic rings. The number of amides is 1. The molecule has 100 valence electrons. The number of anilines is 1. The quantitative estimate of drug-likeness (QED) is 0.487. The van der Waals surface area contributed by atoms with Gasteiger partial charge in [0.1, 0.15) is 4.64 Å². The van der Waals surface area contributed by atoms with Crippen LogP contribution in [0.5, 0.6) is 0 Å². The molecule has 0 aliphatic heterocycles. The maximum Gasteiger partial charge on any atom is 0.225 e. The summed E-state index contributed by atoms with van der Waals surface area (Å²) in [6.07, 6.45) is 3.44. The SMILES string of the molecule is CCCCCC(=O)Nc1c(C)cc(C)c(=S)n1O. The van der Waals surface area contributed by atoms with E-state index in [4.69, 9.17) is 12.2 Å². The monoisotopic (exact) mass is 268 g/mol. The van der Waals surface area contributed by atoms with Crippen LogP contribution < -0.4 is 5.32 Å². The van der Waals surface area contributed by atoms with Gasteiger partial charge < -0.3 is 10.5 Å². The number of unbranched alkanes of at least 4 members (excludes halogenated alkanes) is 2. The first kappa shape index (κ1) is 14.7. The van der Waals surface area contributed by atoms with Crippen LogP contribution in [0.25, 0.3) is 0 Å². The molecule has 0 atom stereocenters. The third-order valence-corrected chi connectivity index (χ3v) is 3.31. The topological polar surface area (TPSA) is 54.3 Å². The summed E-state index contributed by atoms with van der Waals surface area (Å²) >= 11 is 5.06. The van der Waals surface area contributed by atoms with Gasteiger partial charge in [0.25, 0.3) is 0 Å². The van der Waals surface area contributed by atoms with Gasteiger partial charge in [-0.25, -0.2) is 0 Å². The highest BCUT2D eigenvalue weighted by Gasteiger charge is 2.10. The lowest BCUT2D eigenvalue weighted by Crippen LogP contribution is -2.17. The van der Waals surface area contributed by atoms with E-state index in [0.717, 1.165) is 35.1 Å². The summed E-state index contributed by atoms with van der Waals surface area (Å²) < 4.78 is 1.20. The van der Waals surface area contributed by atoms with Crippen molar-refractivity contribution in [1.29, 1.82) is 0 Å². The van der Waals surface area contributed by atoms with Crippen molar-refractivity contribution in [3.63, 3.8) is 0 Å². The Morgan fingerprint density at radius 1 is 1.39 bits per heavy atom. The highest BCUT2D eigenvalue weighted by Crippen LogP contribution is 2.17. The molecule has 0 unspecified atom stereocenters. The molecular formula is C13H20N2O2S. The average Bonchev–Trinajstić information content (AvgIpc) is 2.32. The molecule has 1 rings (SSSR count). The molecule has 0 bridgehead atoms. The van der Waals surface area contributed by atoms with Crippen molar-refractivity contribution < 1.29 is 10.0 Å². The standard InChI is InChI=1S/C13H20N2O2S/c1-4-5-6-7-11(16)14-12-9(2)8-10(3)13(18)15(12)17/h8,17H,4-7H2,1-3H3,(H,14,16). The van der Waals surface area contributed by atoms with Crippen LogP contribution in [0.3, 0.4) is 0 Å². The number of nitrogens with zero attached hydrogens (tertiary/aromatic N) is 1. The van der Waals surface area contributed by atoms with Gasteiger partial charge in [0.05, 0.1) is 0 Å². The van der Waals surface area contributed by atoms with Gasteiger partial charge in [-0.2, -0.15) is 4.73 Å². The minimum Gasteiger partial charge on any atom is -0.426 e. The summed E-state index contributed by atoms with van der Waals surface area (Å²) in [7, 11) is 0. The van der Waals surface area contributed by atoms with Crippen molar-refractivity contribution in [2.45, 2.75) is 46.5 Å². The van der Waals surface area contributed by atoms with E-state index in [0.29, 0.717) is 16.9 Å². The van der Waals surface area contributed by atoms with E-state index < -0.39 is 0 Å². The first-order chi connectivity index (χ1) is 8.47. The summed E-state index contributed by atoms with van der Waals surface area (Å²) in [5.41, 5.74) is 1.61. The summed E-state index contributed by atoms with van der Waals surface area (Å²) in [6.45, 7) is 5.75. The van der Waals surface area contributed by atoms with E-state index in [1.807, 2.05) is 19.9 Å². The Labute approximate surface area is 113 Å². The van der Waals surface area contributed by atoms with Crippen LogP contribution in [0.15, 0.2) is 6.07 Å². The van der Waals surface area contributed by atoms with Gasteiger partial charge in [0.15, 0.2) is 5.82 Å². The molecule has 18 heavy (non-hydrogen) atoms. The zero-order valence-electron chi connectivity index (χ0n) is 11.1. The largest absolute Gasteiger partial charge is 0.426 e. The molecule has 1 aromatic rings. The van der Waals surface area contributed by atoms with Crippen LogP contribution in [0.4, 0.5) is 5.82 Å². The zero-order chi connectivity index (χ0) is 13.7. The Kier molecular flexibility index (Phi) is 5.34. The Hall–Kier alpha value is -1.36. The van der Waals surface area contributed by atoms with Crippen LogP contribution >= 0.6 is 12.2 Å². The molecule has 0 saturated heterocycles. The number of aromatic nitrogens is 1. The summed E-state index contributed by atoms with van der Waals surface area (Å²) in [6, 6.07) is 1.86. The number of hydrogen-bond acceptors (Lipinski definition) is 3. The number of aryl methyl sites for hydroxylation is 2. The van der Waals surface area contributed by atoms with Crippen molar-refractivity contribution in [2.24, 2.45) is 0 Å². The molecule has 5 heteroatoms. The predicted octanol–water partition coefficient (Wildman–Crippen LogP) is 3.59. The fourth-order valence-corrected chi connectivity index (χ4v) is 1.92. The normalized spacial score (nSPS) is 10.4. The van der Waals surface area contributed by atoms with Gasteiger partial charge in [0.2, 0.25) is 5.91 Å². The second kappa shape index (κ2) is 6.54. The number of nitrogens with one attached hydrogen (secondary N) is 1. The smallest absolute Gasteiger partial charge is 0.225 e. The van der Waals surface area contributed by atoms with E-state index in [1.165, 1.54) is 0 Å². The number of pyridine rings is 1. The maximum absolute atomic E-state index is 11.7. The second-order valence-electron chi connectivity index (χ2n) is 4.48. The predicted molar refractivity (Wildman–Crippen MR) is 74.7 cm³/mol. The minimum atomic E-state index is -0.0902. The van der Waals surface area contributed by atoms with Gasteiger partial charge >= 0.3 is 0 Å². The molecule has 2 N–H and O–H groups in total. The van der Waals surface area contributed by atoms with E-state index in [2.05, 4.69) is 12.2 Å². The van der Waals surface area contributed by atoms with E-state index in [1.54, 1.807) is 0 Å². The number of hydrogen-bond donors (Lipinski definition) is 2. The van der Waals surface area contributed by atoms with E-state index in [-0.39, 0.29) is 5.91 Å². The molecule has 1 aromatic heterocycles. The fourth-order valence-electron chi connectivity index (χ4n) is 1.77. The molecule has 0 saturated carbocycles. The Morgan fingerprint density at radius 2 is 2.06 bits per heavy atom. The first-order valence-corrected chi connectivity index (χ1v) is 6.60. The molecule has 0 aromatic carbocycles. The fraction of sp³-hybridized carbons (Fsp3) is 0.538. The van der Waals surface area contributed by atoms with Gasteiger partial charge in [-0.1, -0.05) is 32.0 Å².